The van der Waals surface area contributed by atoms with Gasteiger partial charge >= 0.3 is 5.97 Å². The minimum absolute atomic E-state index is 0.123. The molecule has 1 atom stereocenters. The monoisotopic (exact) mass is 208 g/mol. The van der Waals surface area contributed by atoms with Gasteiger partial charge in [-0.1, -0.05) is 25.2 Å². The van der Waals surface area contributed by atoms with Crippen molar-refractivity contribution in [1.82, 2.24) is 0 Å². The van der Waals surface area contributed by atoms with E-state index in [-0.39, 0.29) is 11.7 Å². The lowest BCUT2D eigenvalue weighted by molar-refractivity contribution is -0.142. The van der Waals surface area contributed by atoms with Gasteiger partial charge in [-0.3, -0.25) is 9.59 Å². The van der Waals surface area contributed by atoms with Crippen molar-refractivity contribution in [3.63, 3.8) is 0 Å². The smallest absolute Gasteiger partial charge is 0.306 e. The zero-order valence-electron chi connectivity index (χ0n) is 8.90. The van der Waals surface area contributed by atoms with E-state index in [9.17, 15) is 9.59 Å². The molecule has 0 radical (unpaired) electrons. The highest BCUT2D eigenvalue weighted by Crippen LogP contribution is 2.19. The van der Waals surface area contributed by atoms with Crippen LogP contribution in [-0.4, -0.2) is 16.9 Å². The number of aliphatic carboxylic acids is 1. The van der Waals surface area contributed by atoms with Gasteiger partial charge in [-0.25, -0.2) is 0 Å². The van der Waals surface area contributed by atoms with Crippen LogP contribution in [-0.2, 0) is 9.59 Å². The van der Waals surface area contributed by atoms with Crippen molar-refractivity contribution in [3.8, 4) is 0 Å². The second-order valence-corrected chi connectivity index (χ2v) is 3.73. The Balaban J connectivity index is 2.48. The Hall–Kier alpha value is -1.38. The van der Waals surface area contributed by atoms with E-state index in [2.05, 4.69) is 0 Å². The number of hydrogen-bond acceptors (Lipinski definition) is 2. The summed E-state index contributed by atoms with van der Waals surface area (Å²) in [7, 11) is 0. The number of carboxylic acids is 1. The summed E-state index contributed by atoms with van der Waals surface area (Å²) in [6.45, 7) is 1.86. The highest BCUT2D eigenvalue weighted by atomic mass is 16.4. The van der Waals surface area contributed by atoms with Crippen molar-refractivity contribution in [2.75, 3.05) is 0 Å². The van der Waals surface area contributed by atoms with Crippen LogP contribution in [0.3, 0.4) is 0 Å². The summed E-state index contributed by atoms with van der Waals surface area (Å²) >= 11 is 0. The molecule has 1 unspecified atom stereocenters. The van der Waals surface area contributed by atoms with Gasteiger partial charge in [0.05, 0.1) is 5.92 Å². The van der Waals surface area contributed by atoms with Gasteiger partial charge in [0, 0.05) is 6.42 Å². The number of hydrogen-bond donors (Lipinski definition) is 1. The SMILES string of the molecule is CCC(CCC1=CC=CCC1=O)C(=O)O. The number of allylic oxidation sites excluding steroid dienone is 4. The summed E-state index contributed by atoms with van der Waals surface area (Å²) in [5, 5.41) is 8.85. The van der Waals surface area contributed by atoms with Crippen molar-refractivity contribution in [3.05, 3.63) is 23.8 Å². The van der Waals surface area contributed by atoms with E-state index < -0.39 is 5.97 Å². The number of carbonyl (C=O) groups is 2. The van der Waals surface area contributed by atoms with Gasteiger partial charge in [-0.05, 0) is 24.8 Å². The molecule has 82 valence electrons. The van der Waals surface area contributed by atoms with Crippen LogP contribution in [0.15, 0.2) is 23.8 Å². The molecule has 0 amide bonds. The zero-order chi connectivity index (χ0) is 11.3. The third-order valence-electron chi connectivity index (χ3n) is 2.70. The van der Waals surface area contributed by atoms with Crippen LogP contribution < -0.4 is 0 Å². The first-order valence-electron chi connectivity index (χ1n) is 5.26. The number of rotatable bonds is 5. The summed E-state index contributed by atoms with van der Waals surface area (Å²) in [4.78, 5) is 22.2. The van der Waals surface area contributed by atoms with Crippen molar-refractivity contribution < 1.29 is 14.7 Å². The summed E-state index contributed by atoms with van der Waals surface area (Å²) in [6, 6.07) is 0. The minimum atomic E-state index is -0.767. The van der Waals surface area contributed by atoms with Gasteiger partial charge in [0.1, 0.15) is 0 Å². The molecule has 1 aliphatic carbocycles. The van der Waals surface area contributed by atoms with Gasteiger partial charge in [0.15, 0.2) is 5.78 Å². The molecule has 0 aliphatic heterocycles. The highest BCUT2D eigenvalue weighted by Gasteiger charge is 2.17. The van der Waals surface area contributed by atoms with Crippen LogP contribution in [0.1, 0.15) is 32.6 Å². The lowest BCUT2D eigenvalue weighted by Gasteiger charge is -2.11. The average Bonchev–Trinajstić information content (AvgIpc) is 2.21. The molecule has 3 nitrogen and oxygen atoms in total. The van der Waals surface area contributed by atoms with Crippen molar-refractivity contribution in [2.24, 2.45) is 5.92 Å². The van der Waals surface area contributed by atoms with Crippen molar-refractivity contribution >= 4 is 11.8 Å². The third-order valence-corrected chi connectivity index (χ3v) is 2.70. The first kappa shape index (κ1) is 11.7. The second kappa shape index (κ2) is 5.49. The Morgan fingerprint density at radius 2 is 2.33 bits per heavy atom. The molecule has 3 heteroatoms. The molecule has 15 heavy (non-hydrogen) atoms. The molecule has 0 saturated heterocycles. The van der Waals surface area contributed by atoms with Crippen LogP contribution in [0.5, 0.6) is 0 Å². The lowest BCUT2D eigenvalue weighted by atomic mass is 9.93. The van der Waals surface area contributed by atoms with Gasteiger partial charge in [0.25, 0.3) is 0 Å². The van der Waals surface area contributed by atoms with Crippen LogP contribution in [0.25, 0.3) is 0 Å². The average molecular weight is 208 g/mol. The zero-order valence-corrected chi connectivity index (χ0v) is 8.90. The Kier molecular flexibility index (Phi) is 4.28. The van der Waals surface area contributed by atoms with Gasteiger partial charge in [0.2, 0.25) is 0 Å². The van der Waals surface area contributed by atoms with Crippen molar-refractivity contribution in [2.45, 2.75) is 32.6 Å². The Morgan fingerprint density at radius 1 is 1.60 bits per heavy atom. The maximum Gasteiger partial charge on any atom is 0.306 e. The number of carbonyl (C=O) groups excluding carboxylic acids is 1. The first-order valence-corrected chi connectivity index (χ1v) is 5.26. The third kappa shape index (κ3) is 3.35. The predicted molar refractivity (Wildman–Crippen MR) is 57.5 cm³/mol. The molecule has 1 N–H and O–H groups in total. The van der Waals surface area contributed by atoms with Crippen LogP contribution in [0.2, 0.25) is 0 Å². The van der Waals surface area contributed by atoms with E-state index in [1.165, 1.54) is 0 Å². The van der Waals surface area contributed by atoms with E-state index in [0.717, 1.165) is 5.57 Å². The fraction of sp³-hybridized carbons (Fsp3) is 0.500. The van der Waals surface area contributed by atoms with E-state index in [4.69, 9.17) is 5.11 Å². The van der Waals surface area contributed by atoms with Crippen LogP contribution in [0, 0.1) is 5.92 Å². The Morgan fingerprint density at radius 3 is 2.87 bits per heavy atom. The van der Waals surface area contributed by atoms with E-state index in [0.29, 0.717) is 25.7 Å². The molecule has 1 aliphatic rings. The first-order chi connectivity index (χ1) is 7.15. The molecular weight excluding hydrogens is 192 g/mol. The van der Waals surface area contributed by atoms with Crippen molar-refractivity contribution in [1.29, 1.82) is 0 Å². The standard InChI is InChI=1S/C12H16O3/c1-2-9(12(14)15)7-8-10-5-3-4-6-11(10)13/h3-5,9H,2,6-8H2,1H3,(H,14,15). The van der Waals surface area contributed by atoms with E-state index >= 15 is 0 Å². The molecule has 0 fully saturated rings. The van der Waals surface area contributed by atoms with Gasteiger partial charge in [-0.15, -0.1) is 0 Å². The van der Waals surface area contributed by atoms with Crippen LogP contribution in [0.4, 0.5) is 0 Å². The molecule has 1 rings (SSSR count). The molecule has 0 bridgehead atoms. The summed E-state index contributed by atoms with van der Waals surface area (Å²) in [5.74, 6) is -0.973. The normalized spacial score (nSPS) is 17.4. The molecule has 0 saturated carbocycles. The predicted octanol–water partition coefficient (Wildman–Crippen LogP) is 2.33. The van der Waals surface area contributed by atoms with Gasteiger partial charge < -0.3 is 5.11 Å². The summed E-state index contributed by atoms with van der Waals surface area (Å²) in [6.07, 6.45) is 7.67. The largest absolute Gasteiger partial charge is 0.481 e. The topological polar surface area (TPSA) is 54.4 Å². The maximum atomic E-state index is 11.4. The van der Waals surface area contributed by atoms with Crippen LogP contribution >= 0.6 is 0 Å². The highest BCUT2D eigenvalue weighted by molar-refractivity contribution is 5.97. The lowest BCUT2D eigenvalue weighted by Crippen LogP contribution is -2.14. The number of Topliss-reactive ketones (excluding diaryl/α,β-unsaturated/α-hetero) is 1. The number of carboxylic acid groups (broad SMARTS) is 1. The minimum Gasteiger partial charge on any atom is -0.481 e. The Bertz CT molecular complexity index is 313. The molecule has 0 aromatic heterocycles. The van der Waals surface area contributed by atoms with Gasteiger partial charge in [-0.2, -0.15) is 0 Å². The van der Waals surface area contributed by atoms with E-state index in [1.807, 2.05) is 19.1 Å². The van der Waals surface area contributed by atoms with E-state index in [1.54, 1.807) is 6.08 Å². The number of ketones is 1. The molecule has 0 aromatic rings. The quantitative estimate of drug-likeness (QED) is 0.754. The molecular formula is C12H16O3. The molecule has 0 heterocycles. The summed E-state index contributed by atoms with van der Waals surface area (Å²) in [5.41, 5.74) is 0.761. The molecule has 0 spiro atoms. The Labute approximate surface area is 89.5 Å². The summed E-state index contributed by atoms with van der Waals surface area (Å²) < 4.78 is 0. The fourth-order valence-corrected chi connectivity index (χ4v) is 1.64. The maximum absolute atomic E-state index is 11.4. The fourth-order valence-electron chi connectivity index (χ4n) is 1.64. The second-order valence-electron chi connectivity index (χ2n) is 3.73. The molecule has 0 aromatic carbocycles.